The Labute approximate surface area is 130 Å². The highest BCUT2D eigenvalue weighted by Gasteiger charge is 2.38. The van der Waals surface area contributed by atoms with Gasteiger partial charge in [0.1, 0.15) is 6.61 Å². The predicted octanol–water partition coefficient (Wildman–Crippen LogP) is 2.15. The topological polar surface area (TPSA) is 49.8 Å². The van der Waals surface area contributed by atoms with Crippen LogP contribution in [0.5, 0.6) is 0 Å². The van der Waals surface area contributed by atoms with Crippen LogP contribution >= 0.6 is 12.2 Å². The maximum Gasteiger partial charge on any atom is 0.266 e. The number of carbonyl (C=O) groups is 1. The van der Waals surface area contributed by atoms with E-state index in [2.05, 4.69) is 0 Å². The van der Waals surface area contributed by atoms with Gasteiger partial charge >= 0.3 is 0 Å². The van der Waals surface area contributed by atoms with Crippen LogP contribution in [0.4, 0.5) is 0 Å². The molecule has 0 unspecified atom stereocenters. The maximum absolute atomic E-state index is 12.6. The molecule has 1 N–H and O–H groups in total. The molecule has 1 fully saturated rings. The Bertz CT molecular complexity index is 506. The van der Waals surface area contributed by atoms with Crippen LogP contribution in [0, 0.1) is 5.92 Å². The number of aliphatic hydroxyl groups excluding tert-OH is 1. The van der Waals surface area contributed by atoms with Crippen LogP contribution in [-0.2, 0) is 16.0 Å². The Balaban J connectivity index is 2.11. The molecule has 21 heavy (non-hydrogen) atoms. The van der Waals surface area contributed by atoms with Crippen molar-refractivity contribution in [3.05, 3.63) is 35.9 Å². The summed E-state index contributed by atoms with van der Waals surface area (Å²) in [5, 5.41) is 10.1. The third-order valence-corrected chi connectivity index (χ3v) is 4.21. The quantitative estimate of drug-likeness (QED) is 0.847. The zero-order valence-corrected chi connectivity index (χ0v) is 13.2. The molecule has 114 valence electrons. The van der Waals surface area contributed by atoms with Crippen molar-refractivity contribution in [2.24, 2.45) is 5.92 Å². The van der Waals surface area contributed by atoms with Crippen molar-refractivity contribution >= 4 is 23.3 Å². The maximum atomic E-state index is 12.6. The van der Waals surface area contributed by atoms with E-state index in [4.69, 9.17) is 17.0 Å². The fourth-order valence-corrected chi connectivity index (χ4v) is 2.81. The number of amides is 1. The van der Waals surface area contributed by atoms with Gasteiger partial charge < -0.3 is 9.84 Å². The van der Waals surface area contributed by atoms with Gasteiger partial charge in [0, 0.05) is 0 Å². The van der Waals surface area contributed by atoms with E-state index >= 15 is 0 Å². The van der Waals surface area contributed by atoms with E-state index in [0.717, 1.165) is 5.56 Å². The van der Waals surface area contributed by atoms with E-state index in [9.17, 15) is 9.90 Å². The van der Waals surface area contributed by atoms with Crippen LogP contribution in [0.3, 0.4) is 0 Å². The fraction of sp³-hybridized carbons (Fsp3) is 0.500. The average Bonchev–Trinajstić information content (AvgIpc) is 2.86. The summed E-state index contributed by atoms with van der Waals surface area (Å²) in [6, 6.07) is 9.85. The van der Waals surface area contributed by atoms with Crippen molar-refractivity contribution in [3.63, 3.8) is 0 Å². The molecular formula is C16H21NO3S. The molecule has 1 amide bonds. The number of aliphatic hydroxyl groups is 1. The lowest BCUT2D eigenvalue weighted by atomic mass is 9.99. The monoisotopic (exact) mass is 307 g/mol. The third-order valence-electron chi connectivity index (χ3n) is 3.90. The highest BCUT2D eigenvalue weighted by Crippen LogP contribution is 2.22. The second kappa shape index (κ2) is 7.00. The van der Waals surface area contributed by atoms with Crippen molar-refractivity contribution in [2.45, 2.75) is 38.8 Å². The summed E-state index contributed by atoms with van der Waals surface area (Å²) in [4.78, 5) is 14.1. The molecule has 3 atom stereocenters. The van der Waals surface area contributed by atoms with Crippen molar-refractivity contribution in [2.75, 3.05) is 6.61 Å². The Morgan fingerprint density at radius 2 is 2.14 bits per heavy atom. The Kier molecular flexibility index (Phi) is 5.31. The van der Waals surface area contributed by atoms with Gasteiger partial charge in [0.05, 0.1) is 18.1 Å². The third kappa shape index (κ3) is 3.60. The van der Waals surface area contributed by atoms with Gasteiger partial charge in [0.25, 0.3) is 5.17 Å². The standard InChI is InChI=1S/C16H21NO3S/c1-3-14(18)11(2)15(19)17-13(10-20-16(17)21)9-12-7-5-4-6-8-12/h4-8,11,13-14,18H,3,9-10H2,1-2H3/t11-,13-,14+/m0/s1. The average molecular weight is 307 g/mol. The Hall–Kier alpha value is -1.46. The molecule has 0 aromatic heterocycles. The number of ether oxygens (including phenoxy) is 1. The van der Waals surface area contributed by atoms with Crippen LogP contribution in [0.15, 0.2) is 30.3 Å². The number of nitrogens with zero attached hydrogens (tertiary/aromatic N) is 1. The number of hydrogen-bond acceptors (Lipinski definition) is 4. The van der Waals surface area contributed by atoms with E-state index in [1.165, 1.54) is 4.90 Å². The number of rotatable bonds is 5. The lowest BCUT2D eigenvalue weighted by Gasteiger charge is -2.26. The highest BCUT2D eigenvalue weighted by molar-refractivity contribution is 7.80. The minimum atomic E-state index is -0.654. The van der Waals surface area contributed by atoms with Crippen LogP contribution in [0.25, 0.3) is 0 Å². The second-order valence-electron chi connectivity index (χ2n) is 5.39. The molecule has 1 saturated heterocycles. The first-order chi connectivity index (χ1) is 10.0. The van der Waals surface area contributed by atoms with Crippen LogP contribution in [0.2, 0.25) is 0 Å². The lowest BCUT2D eigenvalue weighted by Crippen LogP contribution is -2.45. The normalized spacial score (nSPS) is 21.0. The van der Waals surface area contributed by atoms with E-state index in [1.807, 2.05) is 37.3 Å². The molecule has 4 nitrogen and oxygen atoms in total. The Morgan fingerprint density at radius 1 is 1.48 bits per heavy atom. The summed E-state index contributed by atoms with van der Waals surface area (Å²) in [7, 11) is 0. The zero-order valence-electron chi connectivity index (χ0n) is 12.4. The summed E-state index contributed by atoms with van der Waals surface area (Å²) in [6.07, 6.45) is 0.581. The van der Waals surface area contributed by atoms with Gasteiger partial charge in [-0.2, -0.15) is 0 Å². The van der Waals surface area contributed by atoms with Gasteiger partial charge in [0.15, 0.2) is 0 Å². The molecule has 1 heterocycles. The van der Waals surface area contributed by atoms with Crippen molar-refractivity contribution in [3.8, 4) is 0 Å². The molecule has 1 aliphatic heterocycles. The minimum absolute atomic E-state index is 0.0982. The van der Waals surface area contributed by atoms with E-state index in [0.29, 0.717) is 19.4 Å². The molecule has 5 heteroatoms. The summed E-state index contributed by atoms with van der Waals surface area (Å²) in [5.41, 5.74) is 1.14. The number of carbonyl (C=O) groups excluding carboxylic acids is 1. The van der Waals surface area contributed by atoms with Crippen LogP contribution < -0.4 is 0 Å². The lowest BCUT2D eigenvalue weighted by molar-refractivity contribution is -0.135. The molecule has 0 aliphatic carbocycles. The number of hydrogen-bond donors (Lipinski definition) is 1. The number of thiocarbonyl (C=S) groups is 1. The van der Waals surface area contributed by atoms with E-state index in [1.54, 1.807) is 6.92 Å². The summed E-state index contributed by atoms with van der Waals surface area (Å²) in [6.45, 7) is 4.00. The SMILES string of the molecule is CC[C@@H](O)[C@H](C)C(=O)N1C(=S)OC[C@@H]1Cc1ccccc1. The molecule has 1 aliphatic rings. The second-order valence-corrected chi connectivity index (χ2v) is 5.74. The van der Waals surface area contributed by atoms with Crippen molar-refractivity contribution in [1.82, 2.24) is 4.90 Å². The van der Waals surface area contributed by atoms with Gasteiger partial charge in [-0.15, -0.1) is 0 Å². The smallest absolute Gasteiger partial charge is 0.266 e. The first kappa shape index (κ1) is 15.9. The van der Waals surface area contributed by atoms with Crippen LogP contribution in [-0.4, -0.2) is 39.8 Å². The van der Waals surface area contributed by atoms with Gasteiger partial charge in [-0.05, 0) is 30.6 Å². The van der Waals surface area contributed by atoms with Crippen LogP contribution in [0.1, 0.15) is 25.8 Å². The molecule has 0 spiro atoms. The molecule has 0 bridgehead atoms. The molecule has 0 radical (unpaired) electrons. The van der Waals surface area contributed by atoms with Gasteiger partial charge in [-0.25, -0.2) is 0 Å². The fourth-order valence-electron chi connectivity index (χ4n) is 2.50. The molecule has 2 rings (SSSR count). The summed E-state index contributed by atoms with van der Waals surface area (Å²) >= 11 is 5.15. The Morgan fingerprint density at radius 3 is 2.76 bits per heavy atom. The van der Waals surface area contributed by atoms with E-state index in [-0.39, 0.29) is 17.1 Å². The van der Waals surface area contributed by atoms with E-state index < -0.39 is 12.0 Å². The van der Waals surface area contributed by atoms with Gasteiger partial charge in [0.2, 0.25) is 5.91 Å². The first-order valence-corrected chi connectivity index (χ1v) is 7.67. The van der Waals surface area contributed by atoms with Crippen molar-refractivity contribution < 1.29 is 14.6 Å². The molecule has 1 aromatic rings. The minimum Gasteiger partial charge on any atom is -0.468 e. The zero-order chi connectivity index (χ0) is 15.4. The summed E-state index contributed by atoms with van der Waals surface area (Å²) < 4.78 is 5.39. The van der Waals surface area contributed by atoms with Gasteiger partial charge in [-0.3, -0.25) is 9.69 Å². The molecular weight excluding hydrogens is 286 g/mol. The van der Waals surface area contributed by atoms with Gasteiger partial charge in [-0.1, -0.05) is 44.2 Å². The molecule has 1 aromatic carbocycles. The molecule has 0 saturated carbocycles. The summed E-state index contributed by atoms with van der Waals surface area (Å²) in [5.74, 6) is -0.638. The predicted molar refractivity (Wildman–Crippen MR) is 84.8 cm³/mol. The largest absolute Gasteiger partial charge is 0.468 e. The first-order valence-electron chi connectivity index (χ1n) is 7.26. The number of benzene rings is 1. The highest BCUT2D eigenvalue weighted by atomic mass is 32.1. The van der Waals surface area contributed by atoms with Crippen molar-refractivity contribution in [1.29, 1.82) is 0 Å².